The molecule has 4 rings (SSSR count). The van der Waals surface area contributed by atoms with Gasteiger partial charge in [-0.1, -0.05) is 36.4 Å². The van der Waals surface area contributed by atoms with Crippen molar-refractivity contribution < 1.29 is 14.3 Å². The van der Waals surface area contributed by atoms with Gasteiger partial charge in [0.25, 0.3) is 5.91 Å². The van der Waals surface area contributed by atoms with Crippen LogP contribution in [-0.4, -0.2) is 23.6 Å². The van der Waals surface area contributed by atoms with E-state index in [1.54, 1.807) is 12.1 Å². The van der Waals surface area contributed by atoms with E-state index in [2.05, 4.69) is 28.8 Å². The van der Waals surface area contributed by atoms with E-state index in [0.29, 0.717) is 11.1 Å². The standard InChI is InChI=1S/C24H24N2O3/c1-14-21(17-8-10-18(11-9-17)24(28)29-3)22(23(25)27)15(2)26(14)20-13-12-16-6-4-5-7-19(16)20/h4-11,20H,12-13H2,1-3H3,(H2,25,27). The van der Waals surface area contributed by atoms with E-state index in [1.165, 1.54) is 18.2 Å². The lowest BCUT2D eigenvalue weighted by molar-refractivity contribution is 0.0600. The number of ether oxygens (including phenoxy) is 1. The van der Waals surface area contributed by atoms with Gasteiger partial charge in [-0.05, 0) is 55.5 Å². The first-order valence-electron chi connectivity index (χ1n) is 9.71. The number of aromatic nitrogens is 1. The van der Waals surface area contributed by atoms with E-state index in [1.807, 2.05) is 26.0 Å². The molecule has 148 valence electrons. The second kappa shape index (κ2) is 7.24. The van der Waals surface area contributed by atoms with Gasteiger partial charge in [0.05, 0.1) is 24.3 Å². The number of nitrogens with two attached hydrogens (primary N) is 1. The third kappa shape index (κ3) is 3.03. The number of benzene rings is 2. The maximum absolute atomic E-state index is 12.4. The molecule has 0 saturated heterocycles. The lowest BCUT2D eigenvalue weighted by Crippen LogP contribution is -2.15. The maximum Gasteiger partial charge on any atom is 0.337 e. The van der Waals surface area contributed by atoms with Crippen molar-refractivity contribution in [1.82, 2.24) is 4.57 Å². The first-order valence-corrected chi connectivity index (χ1v) is 9.71. The van der Waals surface area contributed by atoms with Crippen LogP contribution in [0.5, 0.6) is 0 Å². The molecule has 1 amide bonds. The number of fused-ring (bicyclic) bond motifs is 1. The molecule has 5 nitrogen and oxygen atoms in total. The molecule has 0 fully saturated rings. The van der Waals surface area contributed by atoms with Crippen LogP contribution < -0.4 is 5.73 Å². The van der Waals surface area contributed by atoms with Crippen LogP contribution in [0.15, 0.2) is 48.5 Å². The highest BCUT2D eigenvalue weighted by molar-refractivity contribution is 6.02. The molecule has 5 heteroatoms. The molecule has 0 saturated carbocycles. The van der Waals surface area contributed by atoms with E-state index in [4.69, 9.17) is 10.5 Å². The predicted molar refractivity (Wildman–Crippen MR) is 112 cm³/mol. The molecule has 0 aliphatic heterocycles. The molecule has 2 N–H and O–H groups in total. The summed E-state index contributed by atoms with van der Waals surface area (Å²) in [6.07, 6.45) is 2.02. The van der Waals surface area contributed by atoms with Crippen molar-refractivity contribution in [1.29, 1.82) is 0 Å². The molecule has 0 radical (unpaired) electrons. The highest BCUT2D eigenvalue weighted by Crippen LogP contribution is 2.41. The number of nitrogens with zero attached hydrogens (tertiary/aromatic N) is 1. The normalized spacial score (nSPS) is 15.2. The summed E-state index contributed by atoms with van der Waals surface area (Å²) in [6, 6.07) is 15.8. The van der Waals surface area contributed by atoms with Crippen LogP contribution in [0.4, 0.5) is 0 Å². The van der Waals surface area contributed by atoms with Crippen molar-refractivity contribution in [2.75, 3.05) is 7.11 Å². The molecular formula is C24H24N2O3. The molecule has 1 aliphatic rings. The van der Waals surface area contributed by atoms with Gasteiger partial charge in [-0.3, -0.25) is 4.79 Å². The van der Waals surface area contributed by atoms with Crippen LogP contribution in [0.2, 0.25) is 0 Å². The average molecular weight is 388 g/mol. The van der Waals surface area contributed by atoms with Crippen LogP contribution in [0, 0.1) is 13.8 Å². The molecule has 1 atom stereocenters. The SMILES string of the molecule is COC(=O)c1ccc(-c2c(C(N)=O)c(C)n(C3CCc4ccccc43)c2C)cc1. The predicted octanol–water partition coefficient (Wildman–Crippen LogP) is 4.19. The number of amides is 1. The average Bonchev–Trinajstić information content (AvgIpc) is 3.25. The smallest absolute Gasteiger partial charge is 0.337 e. The van der Waals surface area contributed by atoms with Crippen molar-refractivity contribution in [2.45, 2.75) is 32.7 Å². The summed E-state index contributed by atoms with van der Waals surface area (Å²) in [7, 11) is 1.36. The lowest BCUT2D eigenvalue weighted by Gasteiger charge is -2.19. The summed E-state index contributed by atoms with van der Waals surface area (Å²) in [5.74, 6) is -0.831. The van der Waals surface area contributed by atoms with Gasteiger partial charge in [0.2, 0.25) is 0 Å². The summed E-state index contributed by atoms with van der Waals surface area (Å²) in [6.45, 7) is 3.99. The van der Waals surface area contributed by atoms with Crippen molar-refractivity contribution in [3.63, 3.8) is 0 Å². The summed E-state index contributed by atoms with van der Waals surface area (Å²) in [5, 5.41) is 0. The molecule has 0 spiro atoms. The molecular weight excluding hydrogens is 364 g/mol. The van der Waals surface area contributed by atoms with Gasteiger partial charge in [0.15, 0.2) is 0 Å². The van der Waals surface area contributed by atoms with Gasteiger partial charge in [0.1, 0.15) is 0 Å². The van der Waals surface area contributed by atoms with Crippen LogP contribution in [-0.2, 0) is 11.2 Å². The zero-order valence-electron chi connectivity index (χ0n) is 16.9. The van der Waals surface area contributed by atoms with Gasteiger partial charge >= 0.3 is 5.97 Å². The Morgan fingerprint density at radius 1 is 1.03 bits per heavy atom. The lowest BCUT2D eigenvalue weighted by atomic mass is 9.99. The fraction of sp³-hybridized carbons (Fsp3) is 0.250. The summed E-state index contributed by atoms with van der Waals surface area (Å²) in [5.41, 5.74) is 13.0. The monoisotopic (exact) mass is 388 g/mol. The Bertz CT molecular complexity index is 1110. The van der Waals surface area contributed by atoms with E-state index >= 15 is 0 Å². The largest absolute Gasteiger partial charge is 0.465 e. The first-order chi connectivity index (χ1) is 13.9. The number of hydrogen-bond acceptors (Lipinski definition) is 3. The Labute approximate surface area is 170 Å². The Kier molecular flexibility index (Phi) is 4.74. The second-order valence-electron chi connectivity index (χ2n) is 7.48. The van der Waals surface area contributed by atoms with Crippen molar-refractivity contribution >= 4 is 11.9 Å². The number of aryl methyl sites for hydroxylation is 1. The van der Waals surface area contributed by atoms with Crippen LogP contribution in [0.3, 0.4) is 0 Å². The van der Waals surface area contributed by atoms with Crippen LogP contribution in [0.25, 0.3) is 11.1 Å². The van der Waals surface area contributed by atoms with Gasteiger partial charge in [-0.2, -0.15) is 0 Å². The molecule has 1 heterocycles. The third-order valence-corrected chi connectivity index (χ3v) is 5.95. The first kappa shape index (κ1) is 19.0. The van der Waals surface area contributed by atoms with Crippen molar-refractivity contribution in [3.05, 3.63) is 82.2 Å². The highest BCUT2D eigenvalue weighted by atomic mass is 16.5. The Morgan fingerprint density at radius 2 is 1.72 bits per heavy atom. The number of carbonyl (C=O) groups excluding carboxylic acids is 2. The topological polar surface area (TPSA) is 74.3 Å². The van der Waals surface area contributed by atoms with E-state index in [0.717, 1.165) is 35.4 Å². The van der Waals surface area contributed by atoms with Crippen LogP contribution in [0.1, 0.15) is 55.7 Å². The van der Waals surface area contributed by atoms with E-state index in [-0.39, 0.29) is 12.0 Å². The van der Waals surface area contributed by atoms with E-state index < -0.39 is 5.91 Å². The number of rotatable bonds is 4. The molecule has 3 aromatic rings. The quantitative estimate of drug-likeness (QED) is 0.681. The maximum atomic E-state index is 12.4. The second-order valence-corrected chi connectivity index (χ2v) is 7.48. The Hall–Kier alpha value is -3.34. The van der Waals surface area contributed by atoms with Crippen molar-refractivity contribution in [3.8, 4) is 11.1 Å². The Morgan fingerprint density at radius 3 is 2.38 bits per heavy atom. The van der Waals surface area contributed by atoms with Gasteiger partial charge in [-0.25, -0.2) is 4.79 Å². The molecule has 29 heavy (non-hydrogen) atoms. The minimum atomic E-state index is -0.442. The summed E-state index contributed by atoms with van der Waals surface area (Å²) >= 11 is 0. The zero-order valence-corrected chi connectivity index (χ0v) is 16.9. The Balaban J connectivity index is 1.87. The molecule has 1 aliphatic carbocycles. The van der Waals surface area contributed by atoms with Gasteiger partial charge < -0.3 is 15.0 Å². The number of methoxy groups -OCH3 is 1. The minimum Gasteiger partial charge on any atom is -0.465 e. The van der Waals surface area contributed by atoms with Gasteiger partial charge in [-0.15, -0.1) is 0 Å². The number of hydrogen-bond donors (Lipinski definition) is 1. The number of primary amides is 1. The third-order valence-electron chi connectivity index (χ3n) is 5.95. The molecule has 1 aromatic heterocycles. The van der Waals surface area contributed by atoms with Crippen molar-refractivity contribution in [2.24, 2.45) is 5.73 Å². The fourth-order valence-electron chi connectivity index (χ4n) is 4.67. The molecule has 1 unspecified atom stereocenters. The minimum absolute atomic E-state index is 0.187. The highest BCUT2D eigenvalue weighted by Gasteiger charge is 2.30. The number of esters is 1. The van der Waals surface area contributed by atoms with E-state index in [9.17, 15) is 9.59 Å². The zero-order chi connectivity index (χ0) is 20.7. The summed E-state index contributed by atoms with van der Waals surface area (Å²) < 4.78 is 7.02. The summed E-state index contributed by atoms with van der Waals surface area (Å²) in [4.78, 5) is 24.2. The molecule has 2 aromatic carbocycles. The number of carbonyl (C=O) groups is 2. The van der Waals surface area contributed by atoms with Gasteiger partial charge in [0, 0.05) is 17.0 Å². The fourth-order valence-corrected chi connectivity index (χ4v) is 4.67. The van der Waals surface area contributed by atoms with Crippen LogP contribution >= 0.6 is 0 Å². The molecule has 0 bridgehead atoms.